The first-order valence-electron chi connectivity index (χ1n) is 6.86. The number of aliphatic hydroxyl groups is 1. The van der Waals surface area contributed by atoms with E-state index in [0.717, 1.165) is 5.56 Å². The van der Waals surface area contributed by atoms with E-state index < -0.39 is 0 Å². The van der Waals surface area contributed by atoms with Gasteiger partial charge in [-0.15, -0.1) is 0 Å². The van der Waals surface area contributed by atoms with Gasteiger partial charge in [-0.05, 0) is 34.0 Å². The highest BCUT2D eigenvalue weighted by atomic mass is 16.6. The topological polar surface area (TPSA) is 29.5 Å². The molecule has 0 amide bonds. The second-order valence-electron chi connectivity index (χ2n) is 4.74. The van der Waals surface area contributed by atoms with E-state index in [1.807, 2.05) is 24.3 Å². The molecule has 21 heavy (non-hydrogen) atoms. The quantitative estimate of drug-likeness (QED) is 0.567. The van der Waals surface area contributed by atoms with E-state index in [0.29, 0.717) is 5.75 Å². The van der Waals surface area contributed by atoms with Gasteiger partial charge >= 0.3 is 0 Å². The molecule has 0 unspecified atom stereocenters. The largest absolute Gasteiger partial charge is 0.468 e. The van der Waals surface area contributed by atoms with Crippen LogP contribution in [0.1, 0.15) is 11.1 Å². The normalized spacial score (nSPS) is 11.1. The van der Waals surface area contributed by atoms with Gasteiger partial charge in [-0.3, -0.25) is 0 Å². The minimum atomic E-state index is -0.300. The molecule has 0 bridgehead atoms. The molecule has 1 N–H and O–H groups in total. The Balaban J connectivity index is 1.87. The summed E-state index contributed by atoms with van der Waals surface area (Å²) in [6, 6.07) is 22.3. The summed E-state index contributed by atoms with van der Waals surface area (Å²) in [4.78, 5) is 0. The fourth-order valence-electron chi connectivity index (χ4n) is 2.33. The van der Waals surface area contributed by atoms with Crippen molar-refractivity contribution in [2.75, 3.05) is 6.79 Å². The van der Waals surface area contributed by atoms with Crippen LogP contribution in [-0.4, -0.2) is 11.9 Å². The zero-order valence-corrected chi connectivity index (χ0v) is 11.6. The number of rotatable bonds is 4. The van der Waals surface area contributed by atoms with Crippen molar-refractivity contribution in [1.82, 2.24) is 0 Å². The van der Waals surface area contributed by atoms with Gasteiger partial charge in [0.05, 0.1) is 0 Å². The third kappa shape index (κ3) is 3.12. The lowest BCUT2D eigenvalue weighted by Gasteiger charge is -2.03. The van der Waals surface area contributed by atoms with Crippen molar-refractivity contribution in [2.45, 2.75) is 0 Å². The highest BCUT2D eigenvalue weighted by molar-refractivity contribution is 5.92. The highest BCUT2D eigenvalue weighted by Crippen LogP contribution is 2.21. The molecule has 0 saturated heterocycles. The van der Waals surface area contributed by atoms with Crippen molar-refractivity contribution in [2.24, 2.45) is 0 Å². The fourth-order valence-corrected chi connectivity index (χ4v) is 2.33. The molecule has 0 radical (unpaired) electrons. The van der Waals surface area contributed by atoms with Crippen LogP contribution < -0.4 is 4.74 Å². The monoisotopic (exact) mass is 276 g/mol. The van der Waals surface area contributed by atoms with Gasteiger partial charge in [-0.1, -0.05) is 66.7 Å². The molecule has 0 atom stereocenters. The first-order valence-corrected chi connectivity index (χ1v) is 6.86. The molecule has 0 aliphatic carbocycles. The summed E-state index contributed by atoms with van der Waals surface area (Å²) in [5, 5.41) is 11.2. The maximum absolute atomic E-state index is 8.71. The molecule has 0 aromatic heterocycles. The van der Waals surface area contributed by atoms with E-state index in [4.69, 9.17) is 9.84 Å². The molecule has 3 rings (SSSR count). The molecule has 2 nitrogen and oxygen atoms in total. The van der Waals surface area contributed by atoms with Gasteiger partial charge in [-0.2, -0.15) is 0 Å². The smallest absolute Gasteiger partial charge is 0.186 e. The second kappa shape index (κ2) is 6.25. The minimum absolute atomic E-state index is 0.300. The zero-order chi connectivity index (χ0) is 14.5. The molecule has 0 fully saturated rings. The van der Waals surface area contributed by atoms with Crippen LogP contribution in [0.5, 0.6) is 5.75 Å². The lowest BCUT2D eigenvalue weighted by atomic mass is 10.0. The average Bonchev–Trinajstić information content (AvgIpc) is 2.54. The Hall–Kier alpha value is -2.58. The number of aliphatic hydroxyl groups excluding tert-OH is 1. The third-order valence-electron chi connectivity index (χ3n) is 3.39. The van der Waals surface area contributed by atoms with E-state index in [1.54, 1.807) is 0 Å². The lowest BCUT2D eigenvalue weighted by molar-refractivity contribution is 0.0985. The number of hydrogen-bond acceptors (Lipinski definition) is 2. The van der Waals surface area contributed by atoms with Crippen LogP contribution in [0.15, 0.2) is 66.7 Å². The molecule has 0 saturated carbocycles. The average molecular weight is 276 g/mol. The molecule has 2 heteroatoms. The van der Waals surface area contributed by atoms with Crippen LogP contribution in [0.25, 0.3) is 22.9 Å². The third-order valence-corrected chi connectivity index (χ3v) is 3.39. The van der Waals surface area contributed by atoms with E-state index >= 15 is 0 Å². The van der Waals surface area contributed by atoms with Crippen molar-refractivity contribution >= 4 is 22.9 Å². The molecular weight excluding hydrogens is 260 g/mol. The molecule has 104 valence electrons. The van der Waals surface area contributed by atoms with Crippen LogP contribution in [0.4, 0.5) is 0 Å². The SMILES string of the molecule is OCOc1ccc(/C=C/c2cccc3ccccc23)cc1. The fraction of sp³-hybridized carbons (Fsp3) is 0.0526. The predicted octanol–water partition coefficient (Wildman–Crippen LogP) is 4.34. The number of hydrogen-bond donors (Lipinski definition) is 1. The Kier molecular flexibility index (Phi) is 3.99. The van der Waals surface area contributed by atoms with Gasteiger partial charge in [0.25, 0.3) is 0 Å². The Bertz CT molecular complexity index is 753. The maximum Gasteiger partial charge on any atom is 0.186 e. The number of benzene rings is 3. The summed E-state index contributed by atoms with van der Waals surface area (Å²) in [5.41, 5.74) is 2.29. The van der Waals surface area contributed by atoms with Crippen LogP contribution in [0.3, 0.4) is 0 Å². The molecular formula is C19H16O2. The maximum atomic E-state index is 8.71. The highest BCUT2D eigenvalue weighted by Gasteiger charge is 1.97. The van der Waals surface area contributed by atoms with Crippen molar-refractivity contribution in [1.29, 1.82) is 0 Å². The Labute approximate surface area is 123 Å². The van der Waals surface area contributed by atoms with Crippen LogP contribution in [0.2, 0.25) is 0 Å². The molecule has 0 aliphatic heterocycles. The first kappa shape index (κ1) is 13.4. The van der Waals surface area contributed by atoms with Crippen molar-refractivity contribution in [3.63, 3.8) is 0 Å². The van der Waals surface area contributed by atoms with Crippen LogP contribution >= 0.6 is 0 Å². The van der Waals surface area contributed by atoms with Gasteiger partial charge < -0.3 is 9.84 Å². The summed E-state index contributed by atoms with van der Waals surface area (Å²) in [5.74, 6) is 0.666. The molecule has 3 aromatic rings. The van der Waals surface area contributed by atoms with Gasteiger partial charge in [0.15, 0.2) is 6.79 Å². The second-order valence-corrected chi connectivity index (χ2v) is 4.74. The predicted molar refractivity (Wildman–Crippen MR) is 87.0 cm³/mol. The minimum Gasteiger partial charge on any atom is -0.468 e. The first-order chi connectivity index (χ1) is 10.4. The number of ether oxygens (including phenoxy) is 1. The van der Waals surface area contributed by atoms with Crippen molar-refractivity contribution < 1.29 is 9.84 Å². The van der Waals surface area contributed by atoms with Gasteiger partial charge in [0, 0.05) is 0 Å². The Morgan fingerprint density at radius 1 is 0.810 bits per heavy atom. The van der Waals surface area contributed by atoms with E-state index in [2.05, 4.69) is 54.6 Å². The summed E-state index contributed by atoms with van der Waals surface area (Å²) >= 11 is 0. The molecule has 3 aromatic carbocycles. The van der Waals surface area contributed by atoms with E-state index in [1.165, 1.54) is 16.3 Å². The van der Waals surface area contributed by atoms with Gasteiger partial charge in [0.2, 0.25) is 0 Å². The van der Waals surface area contributed by atoms with Gasteiger partial charge in [0.1, 0.15) is 5.75 Å². The number of fused-ring (bicyclic) bond motifs is 1. The van der Waals surface area contributed by atoms with Gasteiger partial charge in [-0.25, -0.2) is 0 Å². The molecule has 0 heterocycles. The molecule has 0 aliphatic rings. The lowest BCUT2D eigenvalue weighted by Crippen LogP contribution is -1.93. The zero-order valence-electron chi connectivity index (χ0n) is 11.6. The van der Waals surface area contributed by atoms with Crippen LogP contribution in [0, 0.1) is 0 Å². The Morgan fingerprint density at radius 3 is 2.38 bits per heavy atom. The standard InChI is InChI=1S/C19H16O2/c20-14-21-18-12-9-15(10-13-18)8-11-17-6-3-5-16-4-1-2-7-19(16)17/h1-13,20H,14H2/b11-8+. The summed E-state index contributed by atoms with van der Waals surface area (Å²) in [7, 11) is 0. The summed E-state index contributed by atoms with van der Waals surface area (Å²) in [6.45, 7) is -0.300. The summed E-state index contributed by atoms with van der Waals surface area (Å²) in [6.07, 6.45) is 4.19. The van der Waals surface area contributed by atoms with Crippen molar-refractivity contribution in [3.8, 4) is 5.75 Å². The van der Waals surface area contributed by atoms with Crippen molar-refractivity contribution in [3.05, 3.63) is 77.9 Å². The van der Waals surface area contributed by atoms with E-state index in [-0.39, 0.29) is 6.79 Å². The van der Waals surface area contributed by atoms with Crippen LogP contribution in [-0.2, 0) is 0 Å². The summed E-state index contributed by atoms with van der Waals surface area (Å²) < 4.78 is 5.01. The molecule has 0 spiro atoms. The Morgan fingerprint density at radius 2 is 1.57 bits per heavy atom. The van der Waals surface area contributed by atoms with E-state index in [9.17, 15) is 0 Å².